The second-order valence-corrected chi connectivity index (χ2v) is 10.8. The van der Waals surface area contributed by atoms with Crippen LogP contribution in [0.1, 0.15) is 85.9 Å². The Kier molecular flexibility index (Phi) is 6.17. The fraction of sp³-hybridized carbons (Fsp3) is 0.500. The van der Waals surface area contributed by atoms with E-state index in [1.165, 1.54) is 48.9 Å². The number of aliphatic imine (C=N–C) groups is 1. The second-order valence-electron chi connectivity index (χ2n) is 10.8. The number of allylic oxidation sites excluding steroid dienone is 2. The van der Waals surface area contributed by atoms with Gasteiger partial charge in [0, 0.05) is 67.0 Å². The number of aryl methyl sites for hydroxylation is 1. The van der Waals surface area contributed by atoms with E-state index in [2.05, 4.69) is 57.3 Å². The molecule has 0 radical (unpaired) electrons. The van der Waals surface area contributed by atoms with Crippen molar-refractivity contribution in [2.24, 2.45) is 4.99 Å². The Balaban J connectivity index is 1.45. The normalized spacial score (nSPS) is 19.9. The molecular formula is C30H36N6. The van der Waals surface area contributed by atoms with Crippen LogP contribution in [-0.4, -0.2) is 40.5 Å². The highest BCUT2D eigenvalue weighted by Crippen LogP contribution is 2.42. The third kappa shape index (κ3) is 4.05. The molecule has 0 N–H and O–H groups in total. The smallest absolute Gasteiger partial charge is 0.160 e. The SMILES string of the molecule is C=C(C)N1CCc2c(c(N3CCCc4cc(C5=CCCN=C5)c(C#N)cc43)nn2C2CCCCC2)C1. The van der Waals surface area contributed by atoms with Crippen LogP contribution in [0.15, 0.2) is 35.5 Å². The van der Waals surface area contributed by atoms with Crippen LogP contribution in [0.2, 0.25) is 0 Å². The first-order chi connectivity index (χ1) is 17.6. The first-order valence-electron chi connectivity index (χ1n) is 13.7. The molecule has 1 aliphatic carbocycles. The average Bonchev–Trinajstić information content (AvgIpc) is 3.31. The molecule has 0 saturated heterocycles. The highest BCUT2D eigenvalue weighted by Gasteiger charge is 2.33. The zero-order valence-corrected chi connectivity index (χ0v) is 21.5. The van der Waals surface area contributed by atoms with Gasteiger partial charge in [-0.15, -0.1) is 0 Å². The number of rotatable bonds is 4. The van der Waals surface area contributed by atoms with E-state index >= 15 is 0 Å². The van der Waals surface area contributed by atoms with Crippen LogP contribution in [0.3, 0.4) is 0 Å². The standard InChI is InChI=1S/C30H36N6/c1-21(2)34-15-12-28-27(20-34)30(33-36(28)25-10-4-3-5-11-25)35-14-7-9-22-16-26(23-8-6-13-32-19-23)24(18-31)17-29(22)35/h8,16-17,19,25H,1,3-7,9-15,20H2,2H3. The molecule has 6 nitrogen and oxygen atoms in total. The molecule has 0 amide bonds. The van der Waals surface area contributed by atoms with Gasteiger partial charge in [0.25, 0.3) is 0 Å². The van der Waals surface area contributed by atoms with Crippen LogP contribution >= 0.6 is 0 Å². The van der Waals surface area contributed by atoms with E-state index in [-0.39, 0.29) is 0 Å². The fourth-order valence-electron chi connectivity index (χ4n) is 6.47. The number of benzene rings is 1. The first kappa shape index (κ1) is 23.1. The quantitative estimate of drug-likeness (QED) is 0.531. The third-order valence-corrected chi connectivity index (χ3v) is 8.40. The van der Waals surface area contributed by atoms with Crippen LogP contribution in [0.25, 0.3) is 5.57 Å². The van der Waals surface area contributed by atoms with Crippen molar-refractivity contribution in [3.63, 3.8) is 0 Å². The summed E-state index contributed by atoms with van der Waals surface area (Å²) in [5.74, 6) is 1.09. The molecule has 0 bridgehead atoms. The molecule has 1 saturated carbocycles. The van der Waals surface area contributed by atoms with Crippen molar-refractivity contribution in [2.45, 2.75) is 77.3 Å². The van der Waals surface area contributed by atoms with E-state index in [0.717, 1.165) is 85.8 Å². The van der Waals surface area contributed by atoms with Crippen molar-refractivity contribution in [1.29, 1.82) is 5.26 Å². The molecule has 6 rings (SSSR count). The topological polar surface area (TPSA) is 60.4 Å². The summed E-state index contributed by atoms with van der Waals surface area (Å²) in [6.45, 7) is 9.99. The lowest BCUT2D eigenvalue weighted by Crippen LogP contribution is -2.31. The summed E-state index contributed by atoms with van der Waals surface area (Å²) in [5, 5.41) is 15.5. The van der Waals surface area contributed by atoms with E-state index in [0.29, 0.717) is 6.04 Å². The maximum atomic E-state index is 10.1. The van der Waals surface area contributed by atoms with Gasteiger partial charge in [-0.25, -0.2) is 0 Å². The molecule has 4 aliphatic rings. The van der Waals surface area contributed by atoms with Crippen molar-refractivity contribution in [3.8, 4) is 6.07 Å². The molecule has 1 aromatic heterocycles. The highest BCUT2D eigenvalue weighted by molar-refractivity contribution is 6.11. The van der Waals surface area contributed by atoms with Gasteiger partial charge in [-0.05, 0) is 62.3 Å². The van der Waals surface area contributed by atoms with E-state index in [1.807, 2.05) is 6.21 Å². The molecular weight excluding hydrogens is 444 g/mol. The van der Waals surface area contributed by atoms with E-state index < -0.39 is 0 Å². The van der Waals surface area contributed by atoms with Crippen molar-refractivity contribution in [2.75, 3.05) is 24.5 Å². The average molecular weight is 481 g/mol. The molecule has 1 aromatic carbocycles. The van der Waals surface area contributed by atoms with Crippen LogP contribution in [0, 0.1) is 11.3 Å². The highest BCUT2D eigenvalue weighted by atomic mass is 15.4. The van der Waals surface area contributed by atoms with E-state index in [9.17, 15) is 5.26 Å². The van der Waals surface area contributed by atoms with Crippen LogP contribution < -0.4 is 4.90 Å². The van der Waals surface area contributed by atoms with E-state index in [1.54, 1.807) is 0 Å². The molecule has 6 heteroatoms. The lowest BCUT2D eigenvalue weighted by Gasteiger charge is -2.34. The summed E-state index contributed by atoms with van der Waals surface area (Å²) in [4.78, 5) is 9.26. The van der Waals surface area contributed by atoms with Gasteiger partial charge in [-0.1, -0.05) is 31.9 Å². The predicted octanol–water partition coefficient (Wildman–Crippen LogP) is 6.09. The summed E-state index contributed by atoms with van der Waals surface area (Å²) >= 11 is 0. The fourth-order valence-corrected chi connectivity index (χ4v) is 6.47. The van der Waals surface area contributed by atoms with Crippen molar-refractivity contribution in [1.82, 2.24) is 14.7 Å². The number of anilines is 2. The zero-order valence-electron chi connectivity index (χ0n) is 21.5. The number of hydrogen-bond acceptors (Lipinski definition) is 5. The molecule has 1 fully saturated rings. The Bertz CT molecular complexity index is 1280. The Morgan fingerprint density at radius 3 is 2.72 bits per heavy atom. The van der Waals surface area contributed by atoms with Crippen LogP contribution in [0.5, 0.6) is 0 Å². The van der Waals surface area contributed by atoms with Gasteiger partial charge in [0.2, 0.25) is 0 Å². The molecule has 4 heterocycles. The van der Waals surface area contributed by atoms with Crippen molar-refractivity contribution >= 4 is 23.3 Å². The second kappa shape index (κ2) is 9.61. The van der Waals surface area contributed by atoms with Crippen molar-refractivity contribution < 1.29 is 0 Å². The Hall–Kier alpha value is -3.33. The summed E-state index contributed by atoms with van der Waals surface area (Å²) in [6, 6.07) is 7.35. The third-order valence-electron chi connectivity index (χ3n) is 8.40. The van der Waals surface area contributed by atoms with Gasteiger partial charge in [-0.2, -0.15) is 10.4 Å². The minimum Gasteiger partial charge on any atom is -0.371 e. The van der Waals surface area contributed by atoms with Gasteiger partial charge in [-0.3, -0.25) is 9.67 Å². The molecule has 186 valence electrons. The Morgan fingerprint density at radius 2 is 1.97 bits per heavy atom. The summed E-state index contributed by atoms with van der Waals surface area (Å²) in [5.41, 5.74) is 9.18. The van der Waals surface area contributed by atoms with Gasteiger partial charge < -0.3 is 9.80 Å². The maximum Gasteiger partial charge on any atom is 0.160 e. The Morgan fingerprint density at radius 1 is 1.11 bits per heavy atom. The van der Waals surface area contributed by atoms with E-state index in [4.69, 9.17) is 5.10 Å². The predicted molar refractivity (Wildman–Crippen MR) is 146 cm³/mol. The Labute approximate surface area is 214 Å². The summed E-state index contributed by atoms with van der Waals surface area (Å²) in [7, 11) is 0. The summed E-state index contributed by atoms with van der Waals surface area (Å²) in [6.07, 6.45) is 14.6. The molecule has 0 unspecified atom stereocenters. The lowest BCUT2D eigenvalue weighted by atomic mass is 9.91. The van der Waals surface area contributed by atoms with Crippen LogP contribution in [-0.2, 0) is 19.4 Å². The first-order valence-corrected chi connectivity index (χ1v) is 13.7. The maximum absolute atomic E-state index is 10.1. The van der Waals surface area contributed by atoms with Crippen molar-refractivity contribution in [3.05, 3.63) is 58.4 Å². The molecule has 2 aromatic rings. The number of fused-ring (bicyclic) bond motifs is 2. The van der Waals surface area contributed by atoms with Gasteiger partial charge in [0.1, 0.15) is 0 Å². The largest absolute Gasteiger partial charge is 0.371 e. The lowest BCUT2D eigenvalue weighted by molar-refractivity contribution is 0.293. The minimum atomic E-state index is 0.511. The number of nitriles is 1. The monoisotopic (exact) mass is 480 g/mol. The molecule has 0 atom stereocenters. The summed E-state index contributed by atoms with van der Waals surface area (Å²) < 4.78 is 2.40. The molecule has 3 aliphatic heterocycles. The van der Waals surface area contributed by atoms with Gasteiger partial charge in [0.05, 0.1) is 17.7 Å². The number of aromatic nitrogens is 2. The van der Waals surface area contributed by atoms with Gasteiger partial charge in [0.15, 0.2) is 5.82 Å². The minimum absolute atomic E-state index is 0.511. The molecule has 36 heavy (non-hydrogen) atoms. The number of hydrogen-bond donors (Lipinski definition) is 0. The van der Waals surface area contributed by atoms with Crippen LogP contribution in [0.4, 0.5) is 11.5 Å². The number of dihydropyridines is 1. The molecule has 0 spiro atoms. The number of nitrogens with zero attached hydrogens (tertiary/aromatic N) is 6. The van der Waals surface area contributed by atoms with Gasteiger partial charge >= 0.3 is 0 Å². The zero-order chi connectivity index (χ0) is 24.6.